The molecule has 0 bridgehead atoms. The van der Waals surface area contributed by atoms with E-state index in [1.807, 2.05) is 12.1 Å². The van der Waals surface area contributed by atoms with E-state index < -0.39 is 0 Å². The Labute approximate surface area is 123 Å². The number of rotatable bonds is 4. The summed E-state index contributed by atoms with van der Waals surface area (Å²) in [5.41, 5.74) is 2.21. The van der Waals surface area contributed by atoms with Crippen molar-refractivity contribution in [1.29, 1.82) is 0 Å². The fourth-order valence-electron chi connectivity index (χ4n) is 3.19. The molecule has 1 aromatic carbocycles. The van der Waals surface area contributed by atoms with Crippen LogP contribution in [-0.2, 0) is 6.54 Å². The van der Waals surface area contributed by atoms with Gasteiger partial charge in [0.25, 0.3) is 0 Å². The molecule has 0 spiro atoms. The predicted octanol–water partition coefficient (Wildman–Crippen LogP) is 5.32. The largest absolute Gasteiger partial charge is 0.331 e. The molecular formula is C15H19ClN2S. The molecule has 0 saturated heterocycles. The first kappa shape index (κ1) is 13.2. The van der Waals surface area contributed by atoms with Gasteiger partial charge in [-0.05, 0) is 49.2 Å². The maximum Gasteiger partial charge on any atom is 0.178 e. The standard InChI is InChI=1S/C15H19ClN2S/c16-12-7-8-14-13(10-12)17-15(19)18(14)9-3-6-11-4-1-2-5-11/h7-8,10-11H,1-6,9H2,(H,17,19). The minimum atomic E-state index is 0.752. The number of imidazole rings is 1. The maximum atomic E-state index is 6.01. The van der Waals surface area contributed by atoms with Crippen LogP contribution in [0.2, 0.25) is 5.02 Å². The zero-order valence-corrected chi connectivity index (χ0v) is 12.6. The monoisotopic (exact) mass is 294 g/mol. The Morgan fingerprint density at radius 1 is 1.32 bits per heavy atom. The molecule has 1 N–H and O–H groups in total. The van der Waals surface area contributed by atoms with Crippen LogP contribution in [0.25, 0.3) is 11.0 Å². The van der Waals surface area contributed by atoms with Gasteiger partial charge in [-0.25, -0.2) is 0 Å². The summed E-state index contributed by atoms with van der Waals surface area (Å²) in [4.78, 5) is 3.24. The van der Waals surface area contributed by atoms with E-state index in [-0.39, 0.29) is 0 Å². The van der Waals surface area contributed by atoms with E-state index >= 15 is 0 Å². The van der Waals surface area contributed by atoms with Gasteiger partial charge in [0.05, 0.1) is 11.0 Å². The number of aryl methyl sites for hydroxylation is 1. The SMILES string of the molecule is S=c1[nH]c2cc(Cl)ccc2n1CCCC1CCCC1. The lowest BCUT2D eigenvalue weighted by molar-refractivity contribution is 0.460. The van der Waals surface area contributed by atoms with E-state index in [0.717, 1.165) is 27.8 Å². The Hall–Kier alpha value is -0.800. The lowest BCUT2D eigenvalue weighted by Gasteiger charge is -2.09. The average Bonchev–Trinajstić information content (AvgIpc) is 2.98. The van der Waals surface area contributed by atoms with Crippen molar-refractivity contribution in [3.63, 3.8) is 0 Å². The van der Waals surface area contributed by atoms with Gasteiger partial charge in [-0.3, -0.25) is 0 Å². The number of fused-ring (bicyclic) bond motifs is 1. The van der Waals surface area contributed by atoms with Crippen molar-refractivity contribution in [2.75, 3.05) is 0 Å². The van der Waals surface area contributed by atoms with Crippen LogP contribution in [0.1, 0.15) is 38.5 Å². The third-order valence-corrected chi connectivity index (χ3v) is 4.76. The van der Waals surface area contributed by atoms with Crippen molar-refractivity contribution < 1.29 is 0 Å². The number of nitrogens with zero attached hydrogens (tertiary/aromatic N) is 1. The molecular weight excluding hydrogens is 276 g/mol. The number of benzene rings is 1. The summed E-state index contributed by atoms with van der Waals surface area (Å²) in [6, 6.07) is 5.93. The van der Waals surface area contributed by atoms with Gasteiger partial charge in [0.2, 0.25) is 0 Å². The number of halogens is 1. The zero-order chi connectivity index (χ0) is 13.2. The Morgan fingerprint density at radius 2 is 2.11 bits per heavy atom. The Kier molecular flexibility index (Phi) is 3.94. The number of H-pyrrole nitrogens is 1. The molecule has 1 saturated carbocycles. The molecule has 4 heteroatoms. The van der Waals surface area contributed by atoms with E-state index in [9.17, 15) is 0 Å². The van der Waals surface area contributed by atoms with Crippen molar-refractivity contribution in [3.8, 4) is 0 Å². The Balaban J connectivity index is 1.73. The summed E-state index contributed by atoms with van der Waals surface area (Å²) in [7, 11) is 0. The average molecular weight is 295 g/mol. The first-order valence-electron chi connectivity index (χ1n) is 7.12. The van der Waals surface area contributed by atoms with Crippen LogP contribution >= 0.6 is 23.8 Å². The highest BCUT2D eigenvalue weighted by atomic mass is 35.5. The van der Waals surface area contributed by atoms with Crippen LogP contribution < -0.4 is 0 Å². The zero-order valence-electron chi connectivity index (χ0n) is 11.0. The van der Waals surface area contributed by atoms with Crippen LogP contribution in [-0.4, -0.2) is 9.55 Å². The number of aromatic nitrogens is 2. The topological polar surface area (TPSA) is 20.7 Å². The lowest BCUT2D eigenvalue weighted by Crippen LogP contribution is -2.01. The van der Waals surface area contributed by atoms with Gasteiger partial charge in [0.15, 0.2) is 4.77 Å². The molecule has 2 aromatic rings. The molecule has 102 valence electrons. The van der Waals surface area contributed by atoms with E-state index in [4.69, 9.17) is 23.8 Å². The van der Waals surface area contributed by atoms with Crippen LogP contribution in [0.4, 0.5) is 0 Å². The molecule has 1 aliphatic rings. The molecule has 0 radical (unpaired) electrons. The van der Waals surface area contributed by atoms with Crippen LogP contribution in [0.15, 0.2) is 18.2 Å². The molecule has 0 aliphatic heterocycles. The van der Waals surface area contributed by atoms with E-state index in [2.05, 4.69) is 15.6 Å². The minimum absolute atomic E-state index is 0.752. The fraction of sp³-hybridized carbons (Fsp3) is 0.533. The third kappa shape index (κ3) is 2.87. The Morgan fingerprint density at radius 3 is 2.89 bits per heavy atom. The molecule has 3 rings (SSSR count). The summed E-state index contributed by atoms with van der Waals surface area (Å²) in [6.07, 6.45) is 8.26. The normalized spacial score (nSPS) is 16.5. The van der Waals surface area contributed by atoms with Crippen molar-refractivity contribution in [3.05, 3.63) is 28.0 Å². The van der Waals surface area contributed by atoms with Crippen molar-refractivity contribution in [2.45, 2.75) is 45.1 Å². The summed E-state index contributed by atoms with van der Waals surface area (Å²) in [6.45, 7) is 1.01. The van der Waals surface area contributed by atoms with Crippen molar-refractivity contribution in [2.24, 2.45) is 5.92 Å². The molecule has 1 aromatic heterocycles. The van der Waals surface area contributed by atoms with Gasteiger partial charge in [-0.2, -0.15) is 0 Å². The molecule has 19 heavy (non-hydrogen) atoms. The number of hydrogen-bond acceptors (Lipinski definition) is 1. The Bertz CT molecular complexity index is 623. The summed E-state index contributed by atoms with van der Waals surface area (Å²) < 4.78 is 3.01. The second-order valence-electron chi connectivity index (χ2n) is 5.54. The predicted molar refractivity (Wildman–Crippen MR) is 83.3 cm³/mol. The van der Waals surface area contributed by atoms with Crippen LogP contribution in [0.5, 0.6) is 0 Å². The van der Waals surface area contributed by atoms with Gasteiger partial charge >= 0.3 is 0 Å². The van der Waals surface area contributed by atoms with Gasteiger partial charge in [0.1, 0.15) is 0 Å². The minimum Gasteiger partial charge on any atom is -0.331 e. The van der Waals surface area contributed by atoms with Crippen LogP contribution in [0, 0.1) is 10.7 Å². The van der Waals surface area contributed by atoms with Gasteiger partial charge in [-0.1, -0.05) is 37.3 Å². The quantitative estimate of drug-likeness (QED) is 0.757. The second-order valence-corrected chi connectivity index (χ2v) is 6.36. The molecule has 0 atom stereocenters. The molecule has 0 amide bonds. The number of aromatic amines is 1. The maximum absolute atomic E-state index is 6.01. The highest BCUT2D eigenvalue weighted by Gasteiger charge is 2.14. The van der Waals surface area contributed by atoms with Crippen molar-refractivity contribution >= 4 is 34.9 Å². The highest BCUT2D eigenvalue weighted by molar-refractivity contribution is 7.71. The smallest absolute Gasteiger partial charge is 0.178 e. The molecule has 2 nitrogen and oxygen atoms in total. The van der Waals surface area contributed by atoms with E-state index in [1.165, 1.54) is 44.0 Å². The van der Waals surface area contributed by atoms with E-state index in [1.54, 1.807) is 0 Å². The molecule has 1 heterocycles. The fourth-order valence-corrected chi connectivity index (χ4v) is 3.67. The highest BCUT2D eigenvalue weighted by Crippen LogP contribution is 2.29. The first-order valence-corrected chi connectivity index (χ1v) is 7.91. The summed E-state index contributed by atoms with van der Waals surface area (Å²) >= 11 is 11.4. The third-order valence-electron chi connectivity index (χ3n) is 4.20. The van der Waals surface area contributed by atoms with Crippen LogP contribution in [0.3, 0.4) is 0 Å². The summed E-state index contributed by atoms with van der Waals surface area (Å²) in [5, 5.41) is 0.752. The van der Waals surface area contributed by atoms with Gasteiger partial charge < -0.3 is 9.55 Å². The molecule has 0 unspecified atom stereocenters. The number of hydrogen-bond donors (Lipinski definition) is 1. The van der Waals surface area contributed by atoms with Gasteiger partial charge in [-0.15, -0.1) is 0 Å². The first-order chi connectivity index (χ1) is 9.24. The van der Waals surface area contributed by atoms with E-state index in [0.29, 0.717) is 0 Å². The molecule has 1 fully saturated rings. The molecule has 1 aliphatic carbocycles. The summed E-state index contributed by atoms with van der Waals surface area (Å²) in [5.74, 6) is 0.953. The second kappa shape index (κ2) is 5.68. The van der Waals surface area contributed by atoms with Crippen molar-refractivity contribution in [1.82, 2.24) is 9.55 Å². The lowest BCUT2D eigenvalue weighted by atomic mass is 10.0. The number of nitrogens with one attached hydrogen (secondary N) is 1. The van der Waals surface area contributed by atoms with Gasteiger partial charge in [0, 0.05) is 11.6 Å².